The molecular weight excluding hydrogens is 258 g/mol. The zero-order chi connectivity index (χ0) is 14.5. The number of esters is 1. The number of ketones is 1. The van der Waals surface area contributed by atoms with E-state index in [9.17, 15) is 14.7 Å². The van der Waals surface area contributed by atoms with E-state index in [1.165, 1.54) is 6.20 Å². The van der Waals surface area contributed by atoms with Crippen LogP contribution < -0.4 is 0 Å². The van der Waals surface area contributed by atoms with Crippen molar-refractivity contribution >= 4 is 28.4 Å². The molecule has 0 amide bonds. The quantitative estimate of drug-likeness (QED) is 0.399. The second kappa shape index (κ2) is 5.97. The number of hydrogen-bond acceptors (Lipinski definition) is 5. The third kappa shape index (κ3) is 2.83. The first-order valence-corrected chi connectivity index (χ1v) is 6.09. The fourth-order valence-electron chi connectivity index (χ4n) is 1.78. The summed E-state index contributed by atoms with van der Waals surface area (Å²) in [4.78, 5) is 26.9. The van der Waals surface area contributed by atoms with Gasteiger partial charge in [-0.3, -0.25) is 9.78 Å². The first-order valence-electron chi connectivity index (χ1n) is 6.09. The summed E-state index contributed by atoms with van der Waals surface area (Å²) in [6.45, 7) is 1.71. The molecule has 0 aliphatic heterocycles. The average Bonchev–Trinajstić information content (AvgIpc) is 2.46. The molecule has 2 rings (SSSR count). The van der Waals surface area contributed by atoms with Crippen LogP contribution in [0.25, 0.3) is 16.7 Å². The molecule has 0 saturated carbocycles. The van der Waals surface area contributed by atoms with Crippen LogP contribution in [0.5, 0.6) is 0 Å². The van der Waals surface area contributed by atoms with Crippen molar-refractivity contribution in [3.05, 3.63) is 48.2 Å². The van der Waals surface area contributed by atoms with Crippen LogP contribution in [0.4, 0.5) is 0 Å². The highest BCUT2D eigenvalue weighted by molar-refractivity contribution is 6.39. The molecule has 0 atom stereocenters. The first-order chi connectivity index (χ1) is 9.63. The Kier molecular flexibility index (Phi) is 4.10. The Morgan fingerprint density at radius 2 is 2.05 bits per heavy atom. The minimum Gasteiger partial charge on any atom is -0.507 e. The number of carbonyl (C=O) groups excluding carboxylic acids is 2. The Bertz CT molecular complexity index is 686. The minimum atomic E-state index is -0.989. The van der Waals surface area contributed by atoms with Gasteiger partial charge in [0, 0.05) is 23.2 Å². The maximum Gasteiger partial charge on any atom is 0.379 e. The maximum absolute atomic E-state index is 11.5. The van der Waals surface area contributed by atoms with Gasteiger partial charge in [-0.05, 0) is 19.1 Å². The number of aliphatic hydroxyl groups excluding tert-OH is 1. The van der Waals surface area contributed by atoms with Crippen LogP contribution in [0.15, 0.2) is 42.6 Å². The van der Waals surface area contributed by atoms with Crippen LogP contribution >= 0.6 is 0 Å². The van der Waals surface area contributed by atoms with Crippen LogP contribution in [0.3, 0.4) is 0 Å². The number of nitrogens with zero attached hydrogens (tertiary/aromatic N) is 1. The summed E-state index contributed by atoms with van der Waals surface area (Å²) in [6.07, 6.45) is 2.39. The van der Waals surface area contributed by atoms with Crippen LogP contribution in [0.1, 0.15) is 12.5 Å². The molecule has 0 aliphatic carbocycles. The van der Waals surface area contributed by atoms with Gasteiger partial charge in [-0.15, -0.1) is 0 Å². The highest BCUT2D eigenvalue weighted by atomic mass is 16.5. The van der Waals surface area contributed by atoms with E-state index in [0.29, 0.717) is 16.5 Å². The number of hydrogen-bond donors (Lipinski definition) is 1. The van der Waals surface area contributed by atoms with Gasteiger partial charge in [0.1, 0.15) is 5.76 Å². The van der Waals surface area contributed by atoms with Gasteiger partial charge in [-0.25, -0.2) is 4.79 Å². The minimum absolute atomic E-state index is 0.108. The summed E-state index contributed by atoms with van der Waals surface area (Å²) >= 11 is 0. The molecule has 20 heavy (non-hydrogen) atoms. The number of ether oxygens (including phenoxy) is 1. The van der Waals surface area contributed by atoms with E-state index in [0.717, 1.165) is 6.08 Å². The zero-order valence-electron chi connectivity index (χ0n) is 10.9. The highest BCUT2D eigenvalue weighted by Crippen LogP contribution is 2.21. The Labute approximate surface area is 115 Å². The zero-order valence-corrected chi connectivity index (χ0v) is 10.9. The molecule has 0 unspecified atom stereocenters. The number of para-hydroxylation sites is 1. The lowest BCUT2D eigenvalue weighted by atomic mass is 10.1. The van der Waals surface area contributed by atoms with E-state index < -0.39 is 11.8 Å². The molecule has 1 aromatic heterocycles. The molecule has 102 valence electrons. The smallest absolute Gasteiger partial charge is 0.379 e. The lowest BCUT2D eigenvalue weighted by molar-refractivity contribution is -0.151. The van der Waals surface area contributed by atoms with Crippen molar-refractivity contribution in [3.63, 3.8) is 0 Å². The van der Waals surface area contributed by atoms with Gasteiger partial charge < -0.3 is 9.84 Å². The third-order valence-electron chi connectivity index (χ3n) is 2.67. The van der Waals surface area contributed by atoms with E-state index in [4.69, 9.17) is 0 Å². The number of carbonyl (C=O) groups is 2. The van der Waals surface area contributed by atoms with Crippen molar-refractivity contribution in [3.8, 4) is 0 Å². The fraction of sp³-hybridized carbons (Fsp3) is 0.133. The molecule has 0 saturated heterocycles. The van der Waals surface area contributed by atoms with Crippen LogP contribution in [-0.4, -0.2) is 28.4 Å². The fourth-order valence-corrected chi connectivity index (χ4v) is 1.78. The van der Waals surface area contributed by atoms with Crippen LogP contribution in [0, 0.1) is 0 Å². The third-order valence-corrected chi connectivity index (χ3v) is 2.67. The van der Waals surface area contributed by atoms with E-state index in [-0.39, 0.29) is 12.4 Å². The first kappa shape index (κ1) is 13.7. The molecule has 5 heteroatoms. The molecule has 0 spiro atoms. The van der Waals surface area contributed by atoms with Crippen LogP contribution in [-0.2, 0) is 14.3 Å². The van der Waals surface area contributed by atoms with Gasteiger partial charge in [0.05, 0.1) is 12.1 Å². The second-order valence-electron chi connectivity index (χ2n) is 3.99. The summed E-state index contributed by atoms with van der Waals surface area (Å²) in [5, 5.41) is 10.7. The molecule has 1 aromatic carbocycles. The Balaban J connectivity index is 2.38. The Hall–Kier alpha value is -2.69. The SMILES string of the molecule is CCOC(=O)C(=O)/C=C(\O)c1ccnc2ccccc12. The summed E-state index contributed by atoms with van der Waals surface area (Å²) in [5.74, 6) is -2.18. The van der Waals surface area contributed by atoms with Crippen molar-refractivity contribution in [2.24, 2.45) is 0 Å². The van der Waals surface area contributed by atoms with Gasteiger partial charge in [0.25, 0.3) is 5.78 Å². The summed E-state index contributed by atoms with van der Waals surface area (Å²) in [7, 11) is 0. The van der Waals surface area contributed by atoms with E-state index in [1.807, 2.05) is 6.07 Å². The normalized spacial score (nSPS) is 11.3. The van der Waals surface area contributed by atoms with Crippen molar-refractivity contribution in [1.82, 2.24) is 4.98 Å². The van der Waals surface area contributed by atoms with Gasteiger partial charge >= 0.3 is 5.97 Å². The van der Waals surface area contributed by atoms with Crippen molar-refractivity contribution < 1.29 is 19.4 Å². The van der Waals surface area contributed by atoms with E-state index in [1.54, 1.807) is 31.2 Å². The summed E-state index contributed by atoms with van der Waals surface area (Å²) in [5.41, 5.74) is 1.13. The van der Waals surface area contributed by atoms with Crippen molar-refractivity contribution in [2.45, 2.75) is 6.92 Å². The lowest BCUT2D eigenvalue weighted by Gasteiger charge is -2.04. The van der Waals surface area contributed by atoms with Gasteiger partial charge in [-0.1, -0.05) is 18.2 Å². The lowest BCUT2D eigenvalue weighted by Crippen LogP contribution is -2.15. The Morgan fingerprint density at radius 3 is 2.80 bits per heavy atom. The number of aromatic nitrogens is 1. The number of pyridine rings is 1. The molecule has 2 aromatic rings. The molecule has 0 fully saturated rings. The maximum atomic E-state index is 11.5. The molecule has 1 heterocycles. The number of aliphatic hydroxyl groups is 1. The standard InChI is InChI=1S/C15H13NO4/c1-2-20-15(19)14(18)9-13(17)11-7-8-16-12-6-4-3-5-10(11)12/h3-9,17H,2H2,1H3/b13-9-. The predicted molar refractivity (Wildman–Crippen MR) is 74.0 cm³/mol. The van der Waals surface area contributed by atoms with Gasteiger partial charge in [-0.2, -0.15) is 0 Å². The average molecular weight is 271 g/mol. The topological polar surface area (TPSA) is 76.5 Å². The molecule has 0 radical (unpaired) electrons. The summed E-state index contributed by atoms with van der Waals surface area (Å²) in [6, 6.07) is 8.76. The second-order valence-corrected chi connectivity index (χ2v) is 3.99. The number of rotatable bonds is 4. The summed E-state index contributed by atoms with van der Waals surface area (Å²) < 4.78 is 4.57. The highest BCUT2D eigenvalue weighted by Gasteiger charge is 2.14. The van der Waals surface area contributed by atoms with Gasteiger partial charge in [0.15, 0.2) is 0 Å². The van der Waals surface area contributed by atoms with E-state index in [2.05, 4.69) is 9.72 Å². The number of benzene rings is 1. The van der Waals surface area contributed by atoms with Crippen LogP contribution in [0.2, 0.25) is 0 Å². The molecule has 0 bridgehead atoms. The molecule has 5 nitrogen and oxygen atoms in total. The molecule has 0 aliphatic rings. The number of fused-ring (bicyclic) bond motifs is 1. The Morgan fingerprint density at radius 1 is 1.30 bits per heavy atom. The molecular formula is C15H13NO4. The van der Waals surface area contributed by atoms with E-state index >= 15 is 0 Å². The van der Waals surface area contributed by atoms with Gasteiger partial charge in [0.2, 0.25) is 0 Å². The van der Waals surface area contributed by atoms with Crippen molar-refractivity contribution in [1.29, 1.82) is 0 Å². The largest absolute Gasteiger partial charge is 0.507 e. The molecule has 1 N–H and O–H groups in total. The predicted octanol–water partition coefficient (Wildman–Crippen LogP) is 2.27. The van der Waals surface area contributed by atoms with Crippen molar-refractivity contribution in [2.75, 3.05) is 6.61 Å². The monoisotopic (exact) mass is 271 g/mol.